The molecule has 12 unspecified atom stereocenters. The zero-order chi connectivity index (χ0) is 54.0. The van der Waals surface area contributed by atoms with Crippen LogP contribution in [0.5, 0.6) is 0 Å². The molecule has 14 rings (SSSR count). The normalized spacial score (nSPS) is 40.4. The van der Waals surface area contributed by atoms with Gasteiger partial charge in [-0.1, -0.05) is 201 Å². The van der Waals surface area contributed by atoms with Crippen LogP contribution in [-0.2, 0) is 0 Å². The lowest BCUT2D eigenvalue weighted by atomic mass is 9.50. The van der Waals surface area contributed by atoms with E-state index in [0.29, 0.717) is 5.41 Å². The SMILES string of the molecule is C(=C(C1CCCCC1)C1CCCCC1)C1CCC2C3CCC(C=C(C4CCCCC4)C4CCCCC4)CC3C3(C2C1)C1CC(C=C(C2CCCCC2)C2CCCCC2)CCC1C1CCC(C=C(C2CCCCC2)C2CCCCC2)CC13. The first-order valence-electron chi connectivity index (χ1n) is 39.0. The highest BCUT2D eigenvalue weighted by molar-refractivity contribution is 5.27. The number of fused-ring (bicyclic) bond motifs is 10. The Morgan fingerprint density at radius 1 is 0.185 bits per heavy atom. The predicted molar refractivity (Wildman–Crippen MR) is 345 cm³/mol. The third kappa shape index (κ3) is 12.3. The largest absolute Gasteiger partial charge is 0.0816 e. The van der Waals surface area contributed by atoms with Gasteiger partial charge in [0.15, 0.2) is 0 Å². The molecule has 14 aliphatic rings. The van der Waals surface area contributed by atoms with E-state index >= 15 is 0 Å². The van der Waals surface area contributed by atoms with E-state index in [9.17, 15) is 0 Å². The maximum Gasteiger partial charge on any atom is -0.0173 e. The van der Waals surface area contributed by atoms with E-state index < -0.39 is 0 Å². The summed E-state index contributed by atoms with van der Waals surface area (Å²) in [6.45, 7) is 0. The van der Waals surface area contributed by atoms with E-state index in [0.717, 1.165) is 118 Å². The highest BCUT2D eigenvalue weighted by Gasteiger charge is 2.73. The van der Waals surface area contributed by atoms with E-state index in [1.807, 2.05) is 0 Å². The molecule has 14 aliphatic carbocycles. The standard InChI is InChI=1S/C81H128/c1-9-25-61(26-10-1)73(62-27-11-2-12-28-62)49-57-41-45-69-70-46-42-58(50-74(63-29-13-3-14-30-63)64-31-15-4-16-32-64)54-78(70)81(77(69)53-57)79-55-59(51-75(65-33-17-5-18-34-65)66-35-19-6-20-36-66)43-47-71(79)72-48-44-60(56-80(72)81)52-76(67-37-21-7-22-38-67)68-39-23-8-24-40-68/h49-52,57-72,77-80H,1-48,53-56H2. The van der Waals surface area contributed by atoms with Crippen LogP contribution in [-0.4, -0.2) is 0 Å². The first-order valence-corrected chi connectivity index (χ1v) is 39.0. The second-order valence-corrected chi connectivity index (χ2v) is 33.7. The molecule has 0 N–H and O–H groups in total. The fourth-order valence-electron chi connectivity index (χ4n) is 26.5. The Morgan fingerprint density at radius 3 is 0.506 bits per heavy atom. The number of allylic oxidation sites excluding steroid dienone is 8. The molecule has 452 valence electrons. The summed E-state index contributed by atoms with van der Waals surface area (Å²) in [7, 11) is 0. The molecule has 1 spiro atoms. The topological polar surface area (TPSA) is 0 Å². The molecular weight excluding hydrogens is 973 g/mol. The number of hydrogen-bond donors (Lipinski definition) is 0. The van der Waals surface area contributed by atoms with Crippen molar-refractivity contribution >= 4 is 0 Å². The summed E-state index contributed by atoms with van der Waals surface area (Å²) in [6.07, 6.45) is 92.7. The minimum Gasteiger partial charge on any atom is -0.0816 e. The average molecular weight is 1100 g/mol. The highest BCUT2D eigenvalue weighted by atomic mass is 14.8. The van der Waals surface area contributed by atoms with Crippen molar-refractivity contribution in [1.29, 1.82) is 0 Å². The molecule has 12 atom stereocenters. The molecule has 0 aromatic heterocycles. The van der Waals surface area contributed by atoms with Gasteiger partial charge >= 0.3 is 0 Å². The first kappa shape index (κ1) is 57.7. The van der Waals surface area contributed by atoms with Crippen molar-refractivity contribution in [1.82, 2.24) is 0 Å². The molecule has 14 fully saturated rings. The minimum absolute atomic E-state index is 0.583. The first-order chi connectivity index (χ1) is 40.2. The average Bonchev–Trinajstić information content (AvgIpc) is 3.13. The van der Waals surface area contributed by atoms with Crippen molar-refractivity contribution in [3.05, 3.63) is 46.6 Å². The molecule has 0 radical (unpaired) electrons. The van der Waals surface area contributed by atoms with Crippen LogP contribution in [0.15, 0.2) is 46.6 Å². The molecule has 0 heterocycles. The Hall–Kier alpha value is -1.04. The highest BCUT2D eigenvalue weighted by Crippen LogP contribution is 2.79. The van der Waals surface area contributed by atoms with Crippen molar-refractivity contribution in [2.75, 3.05) is 0 Å². The molecule has 0 aromatic rings. The molecule has 0 saturated heterocycles. The van der Waals surface area contributed by atoms with Crippen LogP contribution in [0.25, 0.3) is 0 Å². The summed E-state index contributed by atoms with van der Waals surface area (Å²) in [5.74, 6) is 19.0. The fraction of sp³-hybridized carbons (Fsp3) is 0.901. The van der Waals surface area contributed by atoms with Crippen molar-refractivity contribution in [3.63, 3.8) is 0 Å². The Balaban J connectivity index is 0.884. The minimum atomic E-state index is 0.583. The zero-order valence-electron chi connectivity index (χ0n) is 53.1. The van der Waals surface area contributed by atoms with Crippen molar-refractivity contribution < 1.29 is 0 Å². The second kappa shape index (κ2) is 27.1. The monoisotopic (exact) mass is 1100 g/mol. The third-order valence-corrected chi connectivity index (χ3v) is 29.8. The molecule has 14 saturated carbocycles. The van der Waals surface area contributed by atoms with E-state index in [-0.39, 0.29) is 0 Å². The van der Waals surface area contributed by atoms with Crippen LogP contribution in [0.3, 0.4) is 0 Å². The van der Waals surface area contributed by atoms with Crippen LogP contribution in [0.4, 0.5) is 0 Å². The second-order valence-electron chi connectivity index (χ2n) is 33.7. The lowest BCUT2D eigenvalue weighted by Crippen LogP contribution is -2.48. The van der Waals surface area contributed by atoms with Gasteiger partial charge in [-0.05, 0) is 304 Å². The molecule has 0 bridgehead atoms. The smallest absolute Gasteiger partial charge is 0.0173 e. The summed E-state index contributed by atoms with van der Waals surface area (Å²) in [6, 6.07) is 0. The van der Waals surface area contributed by atoms with Gasteiger partial charge in [-0.25, -0.2) is 0 Å². The molecule has 0 heteroatoms. The molecule has 0 aromatic carbocycles. The van der Waals surface area contributed by atoms with Gasteiger partial charge in [0.1, 0.15) is 0 Å². The van der Waals surface area contributed by atoms with E-state index in [2.05, 4.69) is 46.6 Å². The molecule has 0 nitrogen and oxygen atoms in total. The van der Waals surface area contributed by atoms with Gasteiger partial charge in [-0.15, -0.1) is 0 Å². The van der Waals surface area contributed by atoms with Crippen LogP contribution in [0, 0.1) is 124 Å². The van der Waals surface area contributed by atoms with E-state index in [1.165, 1.54) is 257 Å². The summed E-state index contributed by atoms with van der Waals surface area (Å²) in [4.78, 5) is 0. The third-order valence-electron chi connectivity index (χ3n) is 29.8. The lowest BCUT2D eigenvalue weighted by Gasteiger charge is -2.54. The van der Waals surface area contributed by atoms with Gasteiger partial charge in [0.05, 0.1) is 0 Å². The number of rotatable bonds is 12. The summed E-state index contributed by atoms with van der Waals surface area (Å²) < 4.78 is 0. The van der Waals surface area contributed by atoms with Gasteiger partial charge < -0.3 is 0 Å². The zero-order valence-corrected chi connectivity index (χ0v) is 53.1. The Morgan fingerprint density at radius 2 is 0.346 bits per heavy atom. The molecule has 81 heavy (non-hydrogen) atoms. The van der Waals surface area contributed by atoms with Gasteiger partial charge in [-0.2, -0.15) is 0 Å². The lowest BCUT2D eigenvalue weighted by molar-refractivity contribution is -0.0509. The van der Waals surface area contributed by atoms with Crippen molar-refractivity contribution in [2.24, 2.45) is 124 Å². The van der Waals surface area contributed by atoms with Crippen molar-refractivity contribution in [3.8, 4) is 0 Å². The van der Waals surface area contributed by atoms with Gasteiger partial charge in [-0.3, -0.25) is 0 Å². The van der Waals surface area contributed by atoms with E-state index in [4.69, 9.17) is 0 Å². The Kier molecular flexibility index (Phi) is 19.3. The quantitative estimate of drug-likeness (QED) is 0.171. The number of hydrogen-bond acceptors (Lipinski definition) is 0. The van der Waals surface area contributed by atoms with Crippen molar-refractivity contribution in [2.45, 2.75) is 334 Å². The maximum atomic E-state index is 3.22. The van der Waals surface area contributed by atoms with E-state index in [1.54, 1.807) is 77.0 Å². The summed E-state index contributed by atoms with van der Waals surface area (Å²) in [5.41, 5.74) is 8.90. The Labute approximate surface area is 501 Å². The van der Waals surface area contributed by atoms with Gasteiger partial charge in [0.25, 0.3) is 0 Å². The molecular formula is C81H128. The summed E-state index contributed by atoms with van der Waals surface area (Å²) >= 11 is 0. The Bertz CT molecular complexity index is 1710. The van der Waals surface area contributed by atoms with Gasteiger partial charge in [0.2, 0.25) is 0 Å². The van der Waals surface area contributed by atoms with Gasteiger partial charge in [0, 0.05) is 0 Å². The van der Waals surface area contributed by atoms with Crippen LogP contribution in [0.2, 0.25) is 0 Å². The predicted octanol–water partition coefficient (Wildman–Crippen LogP) is 24.5. The molecule has 0 aliphatic heterocycles. The van der Waals surface area contributed by atoms with Crippen LogP contribution >= 0.6 is 0 Å². The fourth-order valence-corrected chi connectivity index (χ4v) is 26.5. The van der Waals surface area contributed by atoms with Crippen LogP contribution < -0.4 is 0 Å². The maximum absolute atomic E-state index is 3.22. The van der Waals surface area contributed by atoms with Crippen LogP contribution in [0.1, 0.15) is 334 Å². The molecule has 0 amide bonds. The summed E-state index contributed by atoms with van der Waals surface area (Å²) in [5, 5.41) is 0.